The zero-order chi connectivity index (χ0) is 13.3. The number of amides is 1. The van der Waals surface area contributed by atoms with E-state index in [1.54, 1.807) is 6.92 Å². The molecule has 0 unspecified atom stereocenters. The summed E-state index contributed by atoms with van der Waals surface area (Å²) in [4.78, 5) is 15.4. The maximum Gasteiger partial charge on any atom is 0.219 e. The molecule has 0 spiro atoms. The second-order valence-corrected chi connectivity index (χ2v) is 5.29. The molecule has 17 heavy (non-hydrogen) atoms. The van der Waals surface area contributed by atoms with Gasteiger partial charge in [0, 0.05) is 26.6 Å². The molecule has 102 valence electrons. The average molecular weight is 242 g/mol. The van der Waals surface area contributed by atoms with Crippen LogP contribution in [0.15, 0.2) is 0 Å². The molecule has 0 aliphatic rings. The summed E-state index contributed by atoms with van der Waals surface area (Å²) >= 11 is 0. The molecule has 0 saturated heterocycles. The van der Waals surface area contributed by atoms with Crippen molar-refractivity contribution in [2.75, 3.05) is 33.2 Å². The first-order valence-corrected chi connectivity index (χ1v) is 6.91. The minimum atomic E-state index is 0.181. The van der Waals surface area contributed by atoms with E-state index in [2.05, 4.69) is 25.8 Å². The van der Waals surface area contributed by atoms with Crippen LogP contribution in [0.4, 0.5) is 0 Å². The fourth-order valence-electron chi connectivity index (χ4n) is 1.88. The molecule has 0 fully saturated rings. The first kappa shape index (κ1) is 16.4. The van der Waals surface area contributed by atoms with Gasteiger partial charge < -0.3 is 9.80 Å². The summed E-state index contributed by atoms with van der Waals surface area (Å²) in [7, 11) is 2.14. The summed E-state index contributed by atoms with van der Waals surface area (Å²) in [5.41, 5.74) is 0. The van der Waals surface area contributed by atoms with Crippen LogP contribution >= 0.6 is 0 Å². The largest absolute Gasteiger partial charge is 0.342 e. The zero-order valence-corrected chi connectivity index (χ0v) is 12.3. The van der Waals surface area contributed by atoms with Gasteiger partial charge in [-0.15, -0.1) is 0 Å². The number of carbonyl (C=O) groups is 1. The van der Waals surface area contributed by atoms with Crippen molar-refractivity contribution in [3.8, 4) is 0 Å². The molecule has 0 rings (SSSR count). The lowest BCUT2D eigenvalue weighted by molar-refractivity contribution is -0.128. The standard InChI is InChI=1S/C14H30N2O/c1-6-16(14(4)17)12-11-15(5)10-8-7-9-13(2)3/h13H,6-12H2,1-5H3. The van der Waals surface area contributed by atoms with E-state index in [0.717, 1.165) is 32.1 Å². The van der Waals surface area contributed by atoms with Crippen LogP contribution in [0.25, 0.3) is 0 Å². The molecule has 0 atom stereocenters. The predicted molar refractivity (Wildman–Crippen MR) is 74.1 cm³/mol. The molecule has 0 aromatic heterocycles. The van der Waals surface area contributed by atoms with E-state index in [0.29, 0.717) is 0 Å². The SMILES string of the molecule is CCN(CCN(C)CCCCC(C)C)C(C)=O. The monoisotopic (exact) mass is 242 g/mol. The molecule has 0 bridgehead atoms. The predicted octanol–water partition coefficient (Wildman–Crippen LogP) is 2.61. The van der Waals surface area contributed by atoms with Crippen molar-refractivity contribution in [3.63, 3.8) is 0 Å². The van der Waals surface area contributed by atoms with Gasteiger partial charge in [-0.25, -0.2) is 0 Å². The van der Waals surface area contributed by atoms with E-state index in [4.69, 9.17) is 0 Å². The minimum absolute atomic E-state index is 0.181. The maximum absolute atomic E-state index is 11.2. The maximum atomic E-state index is 11.2. The number of rotatable bonds is 9. The molecular weight excluding hydrogens is 212 g/mol. The van der Waals surface area contributed by atoms with Crippen LogP contribution in [0, 0.1) is 5.92 Å². The van der Waals surface area contributed by atoms with Gasteiger partial charge >= 0.3 is 0 Å². The molecule has 0 radical (unpaired) electrons. The van der Waals surface area contributed by atoms with Crippen molar-refractivity contribution < 1.29 is 4.79 Å². The summed E-state index contributed by atoms with van der Waals surface area (Å²) in [5.74, 6) is 0.995. The summed E-state index contributed by atoms with van der Waals surface area (Å²) < 4.78 is 0. The highest BCUT2D eigenvalue weighted by atomic mass is 16.2. The summed E-state index contributed by atoms with van der Waals surface area (Å²) in [6, 6.07) is 0. The Morgan fingerprint density at radius 2 is 1.76 bits per heavy atom. The number of nitrogens with zero attached hydrogens (tertiary/aromatic N) is 2. The van der Waals surface area contributed by atoms with Gasteiger partial charge in [0.05, 0.1) is 0 Å². The van der Waals surface area contributed by atoms with Crippen LogP contribution in [0.1, 0.15) is 47.0 Å². The normalized spacial score (nSPS) is 11.2. The Hall–Kier alpha value is -0.570. The van der Waals surface area contributed by atoms with Gasteiger partial charge in [0.25, 0.3) is 0 Å². The molecule has 0 aliphatic heterocycles. The number of hydrogen-bond acceptors (Lipinski definition) is 2. The second-order valence-electron chi connectivity index (χ2n) is 5.29. The van der Waals surface area contributed by atoms with Crippen molar-refractivity contribution in [3.05, 3.63) is 0 Å². The molecule has 0 N–H and O–H groups in total. The van der Waals surface area contributed by atoms with Gasteiger partial charge in [-0.3, -0.25) is 4.79 Å². The average Bonchev–Trinajstić information content (AvgIpc) is 2.24. The van der Waals surface area contributed by atoms with Gasteiger partial charge in [-0.1, -0.05) is 26.7 Å². The van der Waals surface area contributed by atoms with Crippen molar-refractivity contribution in [2.24, 2.45) is 5.92 Å². The van der Waals surface area contributed by atoms with Crippen LogP contribution in [0.2, 0.25) is 0 Å². The highest BCUT2D eigenvalue weighted by molar-refractivity contribution is 5.73. The van der Waals surface area contributed by atoms with Crippen molar-refractivity contribution in [1.82, 2.24) is 9.80 Å². The lowest BCUT2D eigenvalue weighted by Gasteiger charge is -2.23. The third kappa shape index (κ3) is 9.16. The van der Waals surface area contributed by atoms with E-state index in [-0.39, 0.29) is 5.91 Å². The van der Waals surface area contributed by atoms with E-state index in [9.17, 15) is 4.79 Å². The van der Waals surface area contributed by atoms with Crippen LogP contribution < -0.4 is 0 Å². The number of carbonyl (C=O) groups excluding carboxylic acids is 1. The van der Waals surface area contributed by atoms with Gasteiger partial charge in [-0.2, -0.15) is 0 Å². The third-order valence-corrected chi connectivity index (χ3v) is 3.15. The van der Waals surface area contributed by atoms with Crippen molar-refractivity contribution in [2.45, 2.75) is 47.0 Å². The Morgan fingerprint density at radius 3 is 2.24 bits per heavy atom. The number of unbranched alkanes of at least 4 members (excludes halogenated alkanes) is 1. The summed E-state index contributed by atoms with van der Waals surface area (Å²) in [6.07, 6.45) is 3.90. The Morgan fingerprint density at radius 1 is 1.12 bits per heavy atom. The highest BCUT2D eigenvalue weighted by Crippen LogP contribution is 2.06. The van der Waals surface area contributed by atoms with Crippen LogP contribution in [0.5, 0.6) is 0 Å². The lowest BCUT2D eigenvalue weighted by atomic mass is 10.1. The molecule has 0 aromatic rings. The summed E-state index contributed by atoms with van der Waals surface area (Å²) in [5, 5.41) is 0. The number of likely N-dealkylation sites (N-methyl/N-ethyl adjacent to an activating group) is 2. The Bertz CT molecular complexity index is 204. The first-order valence-electron chi connectivity index (χ1n) is 6.91. The van der Waals surface area contributed by atoms with E-state index >= 15 is 0 Å². The van der Waals surface area contributed by atoms with Gasteiger partial charge in [0.2, 0.25) is 5.91 Å². The van der Waals surface area contributed by atoms with Crippen LogP contribution in [-0.2, 0) is 4.79 Å². The fraction of sp³-hybridized carbons (Fsp3) is 0.929. The van der Waals surface area contributed by atoms with E-state index in [1.807, 2.05) is 11.8 Å². The Labute approximate surface area is 107 Å². The molecule has 3 nitrogen and oxygen atoms in total. The van der Waals surface area contributed by atoms with Crippen molar-refractivity contribution >= 4 is 5.91 Å². The highest BCUT2D eigenvalue weighted by Gasteiger charge is 2.07. The smallest absolute Gasteiger partial charge is 0.219 e. The summed E-state index contributed by atoms with van der Waals surface area (Å²) in [6.45, 7) is 12.0. The quantitative estimate of drug-likeness (QED) is 0.580. The van der Waals surface area contributed by atoms with Gasteiger partial charge in [-0.05, 0) is 32.9 Å². The lowest BCUT2D eigenvalue weighted by Crippen LogP contribution is -2.36. The Balaban J connectivity index is 3.58. The molecule has 1 amide bonds. The third-order valence-electron chi connectivity index (χ3n) is 3.15. The van der Waals surface area contributed by atoms with E-state index < -0.39 is 0 Å². The van der Waals surface area contributed by atoms with Gasteiger partial charge in [0.1, 0.15) is 0 Å². The second kappa shape index (κ2) is 9.46. The van der Waals surface area contributed by atoms with Crippen LogP contribution in [-0.4, -0.2) is 48.9 Å². The molecular formula is C14H30N2O. The molecule has 3 heteroatoms. The topological polar surface area (TPSA) is 23.6 Å². The Kier molecular flexibility index (Phi) is 9.14. The molecule has 0 saturated carbocycles. The molecule has 0 aromatic carbocycles. The van der Waals surface area contributed by atoms with Gasteiger partial charge in [0.15, 0.2) is 0 Å². The zero-order valence-electron chi connectivity index (χ0n) is 12.3. The van der Waals surface area contributed by atoms with E-state index in [1.165, 1.54) is 19.3 Å². The fourth-order valence-corrected chi connectivity index (χ4v) is 1.88. The molecule has 0 aliphatic carbocycles. The molecule has 0 heterocycles. The first-order chi connectivity index (χ1) is 7.97. The van der Waals surface area contributed by atoms with Crippen molar-refractivity contribution in [1.29, 1.82) is 0 Å². The van der Waals surface area contributed by atoms with Crippen LogP contribution in [0.3, 0.4) is 0 Å². The minimum Gasteiger partial charge on any atom is -0.342 e. The number of hydrogen-bond donors (Lipinski definition) is 0.